The van der Waals surface area contributed by atoms with E-state index in [1.54, 1.807) is 36.2 Å². The van der Waals surface area contributed by atoms with E-state index >= 15 is 0 Å². The Morgan fingerprint density at radius 3 is 2.50 bits per heavy atom. The molecule has 2 heterocycles. The number of aromatic nitrogens is 2. The van der Waals surface area contributed by atoms with Crippen LogP contribution in [0.3, 0.4) is 0 Å². The number of hydrogen-bond acceptors (Lipinski definition) is 6. The van der Waals surface area contributed by atoms with Gasteiger partial charge >= 0.3 is 0 Å². The highest BCUT2D eigenvalue weighted by molar-refractivity contribution is 6.40. The normalized spacial score (nSPS) is 14.1. The number of nitrogens with two attached hydrogens (primary N) is 2. The molecule has 1 aromatic heterocycles. The van der Waals surface area contributed by atoms with Crippen molar-refractivity contribution in [1.29, 1.82) is 0 Å². The summed E-state index contributed by atoms with van der Waals surface area (Å²) in [6.07, 6.45) is 6.65. The molecule has 1 fully saturated rings. The minimum atomic E-state index is -0.402. The van der Waals surface area contributed by atoms with Crippen LogP contribution in [0.25, 0.3) is 11.3 Å². The number of carbonyl (C=O) groups is 2. The fraction of sp³-hybridized carbons (Fsp3) is 0.231. The van der Waals surface area contributed by atoms with Gasteiger partial charge < -0.3 is 21.3 Å². The molecular weight excluding hydrogens is 499 g/mol. The molecule has 1 aromatic carbocycles. The number of aryl methyl sites for hydroxylation is 1. The van der Waals surface area contributed by atoms with Gasteiger partial charge in [-0.2, -0.15) is 0 Å². The Morgan fingerprint density at radius 1 is 1.22 bits per heavy atom. The summed E-state index contributed by atoms with van der Waals surface area (Å²) in [7, 11) is 1.70. The van der Waals surface area contributed by atoms with E-state index in [-0.39, 0.29) is 28.1 Å². The number of allylic oxidation sites excluding steroid dienone is 3. The predicted molar refractivity (Wildman–Crippen MR) is 142 cm³/mol. The van der Waals surface area contributed by atoms with Crippen LogP contribution in [0.5, 0.6) is 0 Å². The van der Waals surface area contributed by atoms with Gasteiger partial charge in [0.15, 0.2) is 0 Å². The summed E-state index contributed by atoms with van der Waals surface area (Å²) in [6, 6.07) is 3.23. The lowest BCUT2D eigenvalue weighted by Gasteiger charge is -2.32. The number of amides is 2. The lowest BCUT2D eigenvalue weighted by Crippen LogP contribution is -2.50. The van der Waals surface area contributed by atoms with Gasteiger partial charge in [0.25, 0.3) is 5.91 Å². The van der Waals surface area contributed by atoms with Crippen LogP contribution < -0.4 is 11.5 Å². The van der Waals surface area contributed by atoms with Gasteiger partial charge in [0.05, 0.1) is 32.6 Å². The predicted octanol–water partition coefficient (Wildman–Crippen LogP) is 3.15. The zero-order valence-corrected chi connectivity index (χ0v) is 21.5. The molecule has 1 aliphatic rings. The molecule has 0 aliphatic carbocycles. The number of hydrogen-bond donors (Lipinski definition) is 2. The van der Waals surface area contributed by atoms with Gasteiger partial charge in [-0.25, -0.2) is 9.97 Å². The van der Waals surface area contributed by atoms with Crippen molar-refractivity contribution < 1.29 is 9.59 Å². The molecule has 3 rings (SSSR count). The third-order valence-corrected chi connectivity index (χ3v) is 6.12. The van der Waals surface area contributed by atoms with Crippen molar-refractivity contribution in [2.24, 2.45) is 11.5 Å². The van der Waals surface area contributed by atoms with Crippen molar-refractivity contribution >= 4 is 35.0 Å². The second kappa shape index (κ2) is 11.8. The topological polar surface area (TPSA) is 118 Å². The first-order chi connectivity index (χ1) is 17.2. The zero-order valence-electron chi connectivity index (χ0n) is 20.0. The summed E-state index contributed by atoms with van der Waals surface area (Å²) in [4.78, 5) is 37.0. The van der Waals surface area contributed by atoms with Gasteiger partial charge in [0, 0.05) is 43.2 Å². The molecule has 1 aliphatic heterocycles. The Balaban J connectivity index is 2.03. The fourth-order valence-corrected chi connectivity index (χ4v) is 4.16. The van der Waals surface area contributed by atoms with Gasteiger partial charge in [-0.3, -0.25) is 9.59 Å². The van der Waals surface area contributed by atoms with Crippen LogP contribution in [0.1, 0.15) is 28.5 Å². The number of likely N-dealkylation sites (N-methyl/N-ethyl adjacent to an activating group) is 1. The van der Waals surface area contributed by atoms with E-state index in [1.807, 2.05) is 6.92 Å². The highest BCUT2D eigenvalue weighted by Gasteiger charge is 2.29. The molecule has 2 aromatic rings. The highest BCUT2D eigenvalue weighted by Crippen LogP contribution is 2.34. The number of carbonyl (C=O) groups excluding carboxylic acids is 2. The maximum Gasteiger partial charge on any atom is 0.257 e. The lowest BCUT2D eigenvalue weighted by molar-refractivity contribution is -0.133. The summed E-state index contributed by atoms with van der Waals surface area (Å²) >= 11 is 13.1. The second-order valence-corrected chi connectivity index (χ2v) is 8.85. The summed E-state index contributed by atoms with van der Waals surface area (Å²) in [5, 5.41) is 0.299. The van der Waals surface area contributed by atoms with E-state index in [2.05, 4.69) is 28.4 Å². The first kappa shape index (κ1) is 26.8. The lowest BCUT2D eigenvalue weighted by atomic mass is 10.0. The molecule has 10 heteroatoms. The molecule has 0 radical (unpaired) electrons. The van der Waals surface area contributed by atoms with Gasteiger partial charge in [-0.05, 0) is 30.7 Å². The summed E-state index contributed by atoms with van der Waals surface area (Å²) in [6.45, 7) is 6.37. The monoisotopic (exact) mass is 524 g/mol. The van der Waals surface area contributed by atoms with Crippen LogP contribution in [0, 0.1) is 11.8 Å². The number of halogens is 2. The standard InChI is InChI=1S/C26H26Cl2N6O2/c1-4-22-19(8-7-17(13-29)6-5-16(2)30)25(32-15-31-22)18-11-20(27)24(21(28)12-18)26(36)34-10-9-33(3)23(35)14-34/h5-6,11-13,15H,2,4,9-10,14,29-30H2,1,3H3/b6-5-,17-13+. The molecule has 2 amide bonds. The first-order valence-corrected chi connectivity index (χ1v) is 11.8. The highest BCUT2D eigenvalue weighted by atomic mass is 35.5. The molecular formula is C26H26Cl2N6O2. The Morgan fingerprint density at radius 2 is 1.92 bits per heavy atom. The number of piperazine rings is 1. The Labute approximate surface area is 220 Å². The van der Waals surface area contributed by atoms with Crippen LogP contribution in [0.2, 0.25) is 10.0 Å². The van der Waals surface area contributed by atoms with E-state index in [9.17, 15) is 9.59 Å². The Hall–Kier alpha value is -3.80. The number of nitrogens with zero attached hydrogens (tertiary/aromatic N) is 4. The minimum absolute atomic E-state index is 0.0296. The van der Waals surface area contributed by atoms with Crippen molar-refractivity contribution in [1.82, 2.24) is 19.8 Å². The van der Waals surface area contributed by atoms with Crippen molar-refractivity contribution in [3.05, 3.63) is 81.5 Å². The van der Waals surface area contributed by atoms with Crippen molar-refractivity contribution in [2.45, 2.75) is 13.3 Å². The molecule has 4 N–H and O–H groups in total. The fourth-order valence-electron chi connectivity index (χ4n) is 3.51. The van der Waals surface area contributed by atoms with E-state index in [4.69, 9.17) is 34.7 Å². The zero-order chi connectivity index (χ0) is 26.4. The second-order valence-electron chi connectivity index (χ2n) is 8.03. The Bertz CT molecular complexity index is 1320. The molecule has 8 nitrogen and oxygen atoms in total. The molecule has 0 bridgehead atoms. The molecule has 36 heavy (non-hydrogen) atoms. The summed E-state index contributed by atoms with van der Waals surface area (Å²) in [5.41, 5.74) is 14.7. The van der Waals surface area contributed by atoms with E-state index < -0.39 is 5.91 Å². The minimum Gasteiger partial charge on any atom is -0.404 e. The molecule has 1 saturated heterocycles. The van der Waals surface area contributed by atoms with Crippen LogP contribution in [-0.4, -0.2) is 58.3 Å². The average Bonchev–Trinajstić information content (AvgIpc) is 2.84. The van der Waals surface area contributed by atoms with E-state index in [1.165, 1.54) is 17.4 Å². The number of benzene rings is 1. The molecule has 0 saturated carbocycles. The van der Waals surface area contributed by atoms with Crippen molar-refractivity contribution in [3.63, 3.8) is 0 Å². The number of rotatable bonds is 5. The molecule has 0 unspecified atom stereocenters. The summed E-state index contributed by atoms with van der Waals surface area (Å²) < 4.78 is 0. The SMILES string of the molecule is C=C(N)/C=C\C(C#Cc1c(CC)ncnc1-c1cc(Cl)c(C(=O)N2CCN(C)C(=O)C2)c(Cl)c1)=C/N. The van der Waals surface area contributed by atoms with Gasteiger partial charge in [-0.1, -0.05) is 48.5 Å². The largest absolute Gasteiger partial charge is 0.404 e. The van der Waals surface area contributed by atoms with Crippen LogP contribution in [-0.2, 0) is 11.2 Å². The Kier molecular flexibility index (Phi) is 8.75. The third kappa shape index (κ3) is 6.06. The van der Waals surface area contributed by atoms with Gasteiger partial charge in [-0.15, -0.1) is 0 Å². The molecule has 186 valence electrons. The smallest absolute Gasteiger partial charge is 0.257 e. The van der Waals surface area contributed by atoms with Crippen molar-refractivity contribution in [2.75, 3.05) is 26.7 Å². The molecule has 0 atom stereocenters. The van der Waals surface area contributed by atoms with Crippen LogP contribution >= 0.6 is 23.2 Å². The third-order valence-electron chi connectivity index (χ3n) is 5.52. The summed E-state index contributed by atoms with van der Waals surface area (Å²) in [5.74, 6) is 5.54. The van der Waals surface area contributed by atoms with Gasteiger partial charge in [0.2, 0.25) is 5.91 Å². The van der Waals surface area contributed by atoms with Crippen LogP contribution in [0.15, 0.2) is 54.7 Å². The van der Waals surface area contributed by atoms with E-state index in [0.717, 1.165) is 5.69 Å². The quantitative estimate of drug-likeness (QED) is 0.458. The maximum atomic E-state index is 13.1. The molecule has 0 spiro atoms. The van der Waals surface area contributed by atoms with Crippen molar-refractivity contribution in [3.8, 4) is 23.1 Å². The van der Waals surface area contributed by atoms with Gasteiger partial charge in [0.1, 0.15) is 12.9 Å². The average molecular weight is 525 g/mol. The maximum absolute atomic E-state index is 13.1. The van der Waals surface area contributed by atoms with Crippen LogP contribution in [0.4, 0.5) is 0 Å². The van der Waals surface area contributed by atoms with E-state index in [0.29, 0.717) is 47.6 Å². The first-order valence-electron chi connectivity index (χ1n) is 11.1.